The summed E-state index contributed by atoms with van der Waals surface area (Å²) in [5, 5.41) is 3.62. The lowest BCUT2D eigenvalue weighted by Gasteiger charge is -2.07. The summed E-state index contributed by atoms with van der Waals surface area (Å²) in [6.07, 6.45) is 1.05. The predicted octanol–water partition coefficient (Wildman–Crippen LogP) is 3.63. The summed E-state index contributed by atoms with van der Waals surface area (Å²) in [6.45, 7) is 4.30. The van der Waals surface area contributed by atoms with E-state index in [1.54, 1.807) is 18.2 Å². The van der Waals surface area contributed by atoms with Gasteiger partial charge in [-0.1, -0.05) is 25.4 Å². The Bertz CT molecular complexity index is 445. The number of hydrogen-bond donors (Lipinski definition) is 1. The molecule has 0 radical (unpaired) electrons. The van der Waals surface area contributed by atoms with Crippen molar-refractivity contribution in [2.24, 2.45) is 5.41 Å². The van der Waals surface area contributed by atoms with Crippen molar-refractivity contribution in [1.29, 1.82) is 0 Å². The van der Waals surface area contributed by atoms with Gasteiger partial charge in [0, 0.05) is 16.1 Å². The van der Waals surface area contributed by atoms with Crippen molar-refractivity contribution >= 4 is 33.4 Å². The molecule has 1 N–H and O–H groups in total. The maximum Gasteiger partial charge on any atom is 0.251 e. The standard InChI is InChI=1S/C12H13BrClNO/c1-12(2)6-10(12)15-11(16)7-3-4-9(14)8(13)5-7/h3-5,10H,6H2,1-2H3,(H,15,16). The highest BCUT2D eigenvalue weighted by molar-refractivity contribution is 9.10. The van der Waals surface area contributed by atoms with Crippen molar-refractivity contribution < 1.29 is 4.79 Å². The molecule has 0 spiro atoms. The van der Waals surface area contributed by atoms with Gasteiger partial charge in [0.05, 0.1) is 5.02 Å². The van der Waals surface area contributed by atoms with E-state index < -0.39 is 0 Å². The van der Waals surface area contributed by atoms with Gasteiger partial charge in [-0.2, -0.15) is 0 Å². The van der Waals surface area contributed by atoms with Crippen LogP contribution >= 0.6 is 27.5 Å². The molecule has 0 aliphatic heterocycles. The van der Waals surface area contributed by atoms with Crippen LogP contribution in [0.1, 0.15) is 30.6 Å². The van der Waals surface area contributed by atoms with Crippen LogP contribution in [-0.2, 0) is 0 Å². The van der Waals surface area contributed by atoms with E-state index in [0.29, 0.717) is 16.6 Å². The first-order valence-corrected chi connectivity index (χ1v) is 6.33. The second-order valence-corrected chi connectivity index (χ2v) is 6.11. The maximum absolute atomic E-state index is 11.9. The molecule has 1 aromatic rings. The third kappa shape index (κ3) is 2.41. The van der Waals surface area contributed by atoms with Gasteiger partial charge in [-0.05, 0) is 46.0 Å². The summed E-state index contributed by atoms with van der Waals surface area (Å²) >= 11 is 9.18. The first kappa shape index (κ1) is 11.9. The lowest BCUT2D eigenvalue weighted by Crippen LogP contribution is -2.28. The molecule has 16 heavy (non-hydrogen) atoms. The second kappa shape index (κ2) is 4.04. The minimum absolute atomic E-state index is 0.0343. The number of hydrogen-bond acceptors (Lipinski definition) is 1. The molecule has 86 valence electrons. The molecule has 1 fully saturated rings. The quantitative estimate of drug-likeness (QED) is 0.888. The molecule has 0 heterocycles. The smallest absolute Gasteiger partial charge is 0.251 e. The van der Waals surface area contributed by atoms with Crippen LogP contribution in [0.5, 0.6) is 0 Å². The maximum atomic E-state index is 11.9. The van der Waals surface area contributed by atoms with E-state index >= 15 is 0 Å². The number of amides is 1. The minimum atomic E-state index is -0.0343. The normalized spacial score (nSPS) is 21.6. The average molecular weight is 303 g/mol. The van der Waals surface area contributed by atoms with E-state index in [0.717, 1.165) is 10.9 Å². The summed E-state index contributed by atoms with van der Waals surface area (Å²) in [7, 11) is 0. The van der Waals surface area contributed by atoms with Gasteiger partial charge in [0.2, 0.25) is 0 Å². The van der Waals surface area contributed by atoms with Gasteiger partial charge in [0.25, 0.3) is 5.91 Å². The van der Waals surface area contributed by atoms with E-state index in [1.807, 2.05) is 0 Å². The zero-order valence-electron chi connectivity index (χ0n) is 9.18. The first-order chi connectivity index (χ1) is 7.40. The van der Waals surface area contributed by atoms with Crippen LogP contribution < -0.4 is 5.32 Å². The van der Waals surface area contributed by atoms with Crippen LogP contribution in [0.15, 0.2) is 22.7 Å². The van der Waals surface area contributed by atoms with Gasteiger partial charge < -0.3 is 5.32 Å². The fourth-order valence-electron chi connectivity index (χ4n) is 1.59. The number of nitrogens with one attached hydrogen (secondary N) is 1. The Balaban J connectivity index is 2.07. The Morgan fingerprint density at radius 3 is 2.69 bits per heavy atom. The second-order valence-electron chi connectivity index (χ2n) is 4.85. The molecule has 2 nitrogen and oxygen atoms in total. The van der Waals surface area contributed by atoms with Gasteiger partial charge >= 0.3 is 0 Å². The molecule has 1 amide bonds. The predicted molar refractivity (Wildman–Crippen MR) is 68.8 cm³/mol. The average Bonchev–Trinajstić information content (AvgIpc) is 2.78. The molecule has 0 saturated heterocycles. The minimum Gasteiger partial charge on any atom is -0.349 e. The lowest BCUT2D eigenvalue weighted by atomic mass is 10.1. The summed E-state index contributed by atoms with van der Waals surface area (Å²) in [6, 6.07) is 5.50. The third-order valence-corrected chi connectivity index (χ3v) is 4.21. The summed E-state index contributed by atoms with van der Waals surface area (Å²) in [5.41, 5.74) is 0.887. The largest absolute Gasteiger partial charge is 0.349 e. The molecule has 1 aliphatic carbocycles. The van der Waals surface area contributed by atoms with Crippen molar-refractivity contribution in [2.45, 2.75) is 26.3 Å². The topological polar surface area (TPSA) is 29.1 Å². The van der Waals surface area contributed by atoms with Crippen LogP contribution in [0.3, 0.4) is 0 Å². The van der Waals surface area contributed by atoms with E-state index in [9.17, 15) is 4.79 Å². The molecule has 1 aromatic carbocycles. The van der Waals surface area contributed by atoms with Gasteiger partial charge in [-0.3, -0.25) is 4.79 Å². The molecular formula is C12H13BrClNO. The van der Waals surface area contributed by atoms with Crippen LogP contribution in [-0.4, -0.2) is 11.9 Å². The Hall–Kier alpha value is -0.540. The van der Waals surface area contributed by atoms with Gasteiger partial charge in [-0.25, -0.2) is 0 Å². The van der Waals surface area contributed by atoms with Crippen LogP contribution in [0.4, 0.5) is 0 Å². The molecule has 1 unspecified atom stereocenters. The molecule has 1 atom stereocenters. The van der Waals surface area contributed by atoms with Crippen LogP contribution in [0.2, 0.25) is 5.02 Å². The Labute approximate surface area is 108 Å². The van der Waals surface area contributed by atoms with Crippen LogP contribution in [0.25, 0.3) is 0 Å². The van der Waals surface area contributed by atoms with Crippen molar-refractivity contribution in [3.8, 4) is 0 Å². The molecule has 1 saturated carbocycles. The zero-order valence-corrected chi connectivity index (χ0v) is 11.5. The molecule has 4 heteroatoms. The number of halogens is 2. The van der Waals surface area contributed by atoms with Crippen molar-refractivity contribution in [1.82, 2.24) is 5.32 Å². The number of benzene rings is 1. The van der Waals surface area contributed by atoms with E-state index in [-0.39, 0.29) is 11.3 Å². The van der Waals surface area contributed by atoms with Gasteiger partial charge in [0.1, 0.15) is 0 Å². The summed E-state index contributed by atoms with van der Waals surface area (Å²) in [5.74, 6) is -0.0343. The van der Waals surface area contributed by atoms with E-state index in [4.69, 9.17) is 11.6 Å². The van der Waals surface area contributed by atoms with Crippen molar-refractivity contribution in [3.63, 3.8) is 0 Å². The van der Waals surface area contributed by atoms with Crippen LogP contribution in [0, 0.1) is 5.41 Å². The SMILES string of the molecule is CC1(C)CC1NC(=O)c1ccc(Cl)c(Br)c1. The highest BCUT2D eigenvalue weighted by Gasteiger charge is 2.46. The molecule has 0 aromatic heterocycles. The van der Waals surface area contributed by atoms with E-state index in [1.165, 1.54) is 0 Å². The number of rotatable bonds is 2. The monoisotopic (exact) mass is 301 g/mol. The summed E-state index contributed by atoms with van der Waals surface area (Å²) < 4.78 is 0.747. The Kier molecular flexibility index (Phi) is 3.01. The van der Waals surface area contributed by atoms with Crippen molar-refractivity contribution in [3.05, 3.63) is 33.3 Å². The molecular weight excluding hydrogens is 289 g/mol. The zero-order chi connectivity index (χ0) is 11.9. The number of carbonyl (C=O) groups excluding carboxylic acids is 1. The number of carbonyl (C=O) groups is 1. The fourth-order valence-corrected chi connectivity index (χ4v) is 2.09. The molecule has 2 rings (SSSR count). The molecule has 0 bridgehead atoms. The first-order valence-electron chi connectivity index (χ1n) is 5.16. The lowest BCUT2D eigenvalue weighted by molar-refractivity contribution is 0.0946. The van der Waals surface area contributed by atoms with Gasteiger partial charge in [-0.15, -0.1) is 0 Å². The van der Waals surface area contributed by atoms with Crippen molar-refractivity contribution in [2.75, 3.05) is 0 Å². The fraction of sp³-hybridized carbons (Fsp3) is 0.417. The molecule has 1 aliphatic rings. The highest BCUT2D eigenvalue weighted by atomic mass is 79.9. The highest BCUT2D eigenvalue weighted by Crippen LogP contribution is 2.44. The Morgan fingerprint density at radius 2 is 2.19 bits per heavy atom. The van der Waals surface area contributed by atoms with E-state index in [2.05, 4.69) is 35.1 Å². The van der Waals surface area contributed by atoms with Gasteiger partial charge in [0.15, 0.2) is 0 Å². The Morgan fingerprint density at radius 1 is 1.56 bits per heavy atom. The third-order valence-electron chi connectivity index (χ3n) is 3.00. The summed E-state index contributed by atoms with van der Waals surface area (Å²) in [4.78, 5) is 11.9.